The fourth-order valence-corrected chi connectivity index (χ4v) is 0.954. The molecule has 1 rings (SSSR count). The summed E-state index contributed by atoms with van der Waals surface area (Å²) in [5.74, 6) is -0.576. The fraction of sp³-hybridized carbons (Fsp3) is 0.400. The second-order valence-corrected chi connectivity index (χ2v) is 4.23. The summed E-state index contributed by atoms with van der Waals surface area (Å²) in [4.78, 5) is 11.1. The van der Waals surface area contributed by atoms with Crippen LogP contribution in [-0.4, -0.2) is 21.3 Å². The van der Waals surface area contributed by atoms with Gasteiger partial charge in [-0.2, -0.15) is 0 Å². The van der Waals surface area contributed by atoms with Crippen LogP contribution < -0.4 is 5.43 Å². The highest BCUT2D eigenvalue weighted by Crippen LogP contribution is 2.28. The molecular weight excluding hydrogens is 210 g/mol. The minimum absolute atomic E-state index is 0.423. The molecule has 0 atom stereocenters. The van der Waals surface area contributed by atoms with E-state index in [2.05, 4.69) is 5.43 Å². The number of carbonyl (C=O) groups is 1. The molecule has 0 aliphatic carbocycles. The zero-order valence-electron chi connectivity index (χ0n) is 5.35. The van der Waals surface area contributed by atoms with Gasteiger partial charge in [-0.05, 0) is 6.08 Å². The molecule has 0 saturated heterocycles. The molecule has 1 heterocycles. The zero-order valence-corrected chi connectivity index (χ0v) is 7.62. The molecule has 62 valence electrons. The van der Waals surface area contributed by atoms with Crippen molar-refractivity contribution < 1.29 is 4.79 Å². The van der Waals surface area contributed by atoms with Crippen LogP contribution in [0.25, 0.3) is 0 Å². The number of hydrogen-bond donors (Lipinski definition) is 1. The highest BCUT2D eigenvalue weighted by molar-refractivity contribution is 6.76. The topological polar surface area (TPSA) is 32.3 Å². The van der Waals surface area contributed by atoms with Gasteiger partial charge in [0.05, 0.1) is 6.54 Å². The van der Waals surface area contributed by atoms with Crippen LogP contribution in [0.5, 0.6) is 0 Å². The predicted octanol–water partition coefficient (Wildman–Crippen LogP) is 1.22. The third kappa shape index (κ3) is 2.15. The van der Waals surface area contributed by atoms with Crippen LogP contribution in [0.2, 0.25) is 0 Å². The number of halogens is 3. The van der Waals surface area contributed by atoms with Crippen LogP contribution in [0.1, 0.15) is 0 Å². The molecule has 1 aliphatic heterocycles. The molecule has 0 aromatic rings. The quantitative estimate of drug-likeness (QED) is 0.616. The van der Waals surface area contributed by atoms with Gasteiger partial charge in [0.1, 0.15) is 0 Å². The molecule has 1 N–H and O–H groups in total. The predicted molar refractivity (Wildman–Crippen MR) is 44.3 cm³/mol. The van der Waals surface area contributed by atoms with Crippen LogP contribution in [0.3, 0.4) is 0 Å². The van der Waals surface area contributed by atoms with Crippen molar-refractivity contribution in [2.45, 2.75) is 3.79 Å². The maximum absolute atomic E-state index is 11.1. The first-order valence-electron chi connectivity index (χ1n) is 2.81. The van der Waals surface area contributed by atoms with E-state index < -0.39 is 9.70 Å². The van der Waals surface area contributed by atoms with Gasteiger partial charge in [0.15, 0.2) is 0 Å². The second-order valence-electron chi connectivity index (χ2n) is 1.94. The number of amides is 1. The van der Waals surface area contributed by atoms with Crippen molar-refractivity contribution in [3.8, 4) is 0 Å². The molecule has 0 aromatic heterocycles. The third-order valence-corrected chi connectivity index (χ3v) is 1.61. The SMILES string of the molecule is O=C(N1CC=CN1)C(Cl)(Cl)Cl. The van der Waals surface area contributed by atoms with Crippen molar-refractivity contribution >= 4 is 40.7 Å². The lowest BCUT2D eigenvalue weighted by Gasteiger charge is -2.20. The smallest absolute Gasteiger partial charge is 0.293 e. The van der Waals surface area contributed by atoms with E-state index in [9.17, 15) is 4.79 Å². The molecule has 3 nitrogen and oxygen atoms in total. The summed E-state index contributed by atoms with van der Waals surface area (Å²) in [5, 5.41) is 1.22. The van der Waals surface area contributed by atoms with Crippen LogP contribution in [-0.2, 0) is 4.79 Å². The van der Waals surface area contributed by atoms with Crippen molar-refractivity contribution in [3.05, 3.63) is 12.3 Å². The molecule has 0 aromatic carbocycles. The molecule has 11 heavy (non-hydrogen) atoms. The van der Waals surface area contributed by atoms with Crippen molar-refractivity contribution in [2.75, 3.05) is 6.54 Å². The molecular formula is C5H5Cl3N2O. The Morgan fingerprint density at radius 3 is 2.55 bits per heavy atom. The van der Waals surface area contributed by atoms with Crippen LogP contribution in [0.15, 0.2) is 12.3 Å². The van der Waals surface area contributed by atoms with E-state index in [-0.39, 0.29) is 0 Å². The van der Waals surface area contributed by atoms with Gasteiger partial charge < -0.3 is 5.43 Å². The van der Waals surface area contributed by atoms with Crippen molar-refractivity contribution in [2.24, 2.45) is 0 Å². The molecule has 0 fully saturated rings. The molecule has 6 heteroatoms. The first-order chi connectivity index (χ1) is 5.02. The van der Waals surface area contributed by atoms with Gasteiger partial charge in [-0.1, -0.05) is 34.8 Å². The van der Waals surface area contributed by atoms with Gasteiger partial charge in [-0.15, -0.1) is 0 Å². The maximum atomic E-state index is 11.1. The maximum Gasteiger partial charge on any atom is 0.293 e. The Labute approximate surface area is 78.9 Å². The summed E-state index contributed by atoms with van der Waals surface area (Å²) in [7, 11) is 0. The zero-order chi connectivity index (χ0) is 8.48. The van der Waals surface area contributed by atoms with Crippen molar-refractivity contribution in [1.29, 1.82) is 0 Å². The first kappa shape index (κ1) is 8.97. The summed E-state index contributed by atoms with van der Waals surface area (Å²) in [5.41, 5.74) is 2.61. The molecule has 1 aliphatic rings. The van der Waals surface area contributed by atoms with Gasteiger partial charge >= 0.3 is 0 Å². The van der Waals surface area contributed by atoms with Gasteiger partial charge in [0, 0.05) is 6.20 Å². The Morgan fingerprint density at radius 2 is 2.18 bits per heavy atom. The van der Waals surface area contributed by atoms with Gasteiger partial charge in [-0.25, -0.2) is 5.01 Å². The molecule has 0 bridgehead atoms. The Bertz CT molecular complexity index is 190. The van der Waals surface area contributed by atoms with E-state index >= 15 is 0 Å². The lowest BCUT2D eigenvalue weighted by atomic mass is 10.6. The lowest BCUT2D eigenvalue weighted by Crippen LogP contribution is -2.43. The highest BCUT2D eigenvalue weighted by Gasteiger charge is 2.35. The Balaban J connectivity index is 2.55. The van der Waals surface area contributed by atoms with Crippen molar-refractivity contribution in [1.82, 2.24) is 10.4 Å². The van der Waals surface area contributed by atoms with E-state index in [1.165, 1.54) is 5.01 Å². The van der Waals surface area contributed by atoms with E-state index in [4.69, 9.17) is 34.8 Å². The standard InChI is InChI=1S/C5H5Cl3N2O/c6-5(7,8)4(11)10-3-1-2-9-10/h1-2,9H,3H2. The number of nitrogens with one attached hydrogen (secondary N) is 1. The molecule has 0 unspecified atom stereocenters. The fourth-order valence-electron chi connectivity index (χ4n) is 0.648. The van der Waals surface area contributed by atoms with E-state index in [1.54, 1.807) is 12.3 Å². The normalized spacial score (nSPS) is 16.8. The summed E-state index contributed by atoms with van der Waals surface area (Å²) in [6, 6.07) is 0. The van der Waals surface area contributed by atoms with Gasteiger partial charge in [0.25, 0.3) is 9.70 Å². The summed E-state index contributed by atoms with van der Waals surface area (Å²) in [6.45, 7) is 0.423. The number of rotatable bonds is 0. The van der Waals surface area contributed by atoms with Crippen LogP contribution in [0, 0.1) is 0 Å². The minimum Gasteiger partial charge on any atom is -0.303 e. The number of alkyl halides is 3. The number of hydrogen-bond acceptors (Lipinski definition) is 2. The van der Waals surface area contributed by atoms with Crippen LogP contribution in [0.4, 0.5) is 0 Å². The number of nitrogens with zero attached hydrogens (tertiary/aromatic N) is 1. The summed E-state index contributed by atoms with van der Waals surface area (Å²) < 4.78 is -1.88. The van der Waals surface area contributed by atoms with Gasteiger partial charge in [-0.3, -0.25) is 4.79 Å². The first-order valence-corrected chi connectivity index (χ1v) is 3.95. The van der Waals surface area contributed by atoms with Crippen molar-refractivity contribution in [3.63, 3.8) is 0 Å². The third-order valence-electron chi connectivity index (χ3n) is 1.12. The highest BCUT2D eigenvalue weighted by atomic mass is 35.6. The van der Waals surface area contributed by atoms with E-state index in [0.29, 0.717) is 6.54 Å². The molecule has 0 saturated carbocycles. The minimum atomic E-state index is -1.88. The number of carbonyl (C=O) groups excluding carboxylic acids is 1. The molecule has 0 spiro atoms. The Morgan fingerprint density at radius 1 is 1.55 bits per heavy atom. The van der Waals surface area contributed by atoms with Gasteiger partial charge in [0.2, 0.25) is 0 Å². The largest absolute Gasteiger partial charge is 0.303 e. The lowest BCUT2D eigenvalue weighted by molar-refractivity contribution is -0.131. The van der Waals surface area contributed by atoms with E-state index in [1.807, 2.05) is 0 Å². The monoisotopic (exact) mass is 214 g/mol. The van der Waals surface area contributed by atoms with E-state index in [0.717, 1.165) is 0 Å². The molecule has 1 amide bonds. The van der Waals surface area contributed by atoms with Crippen LogP contribution >= 0.6 is 34.8 Å². The number of hydrazine groups is 1. The molecule has 0 radical (unpaired) electrons. The second kappa shape index (κ2) is 3.09. The Hall–Kier alpha value is -0.120. The average molecular weight is 215 g/mol. The summed E-state index contributed by atoms with van der Waals surface area (Å²) in [6.07, 6.45) is 3.35. The Kier molecular flexibility index (Phi) is 2.52. The summed E-state index contributed by atoms with van der Waals surface area (Å²) >= 11 is 16.0. The average Bonchev–Trinajstić information content (AvgIpc) is 2.34.